The Balaban J connectivity index is 1.62. The first-order chi connectivity index (χ1) is 10.9. The third-order valence-corrected chi connectivity index (χ3v) is 4.42. The van der Waals surface area contributed by atoms with E-state index in [9.17, 15) is 13.2 Å². The molecule has 0 radical (unpaired) electrons. The second-order valence-electron chi connectivity index (χ2n) is 6.16. The first-order valence-electron chi connectivity index (χ1n) is 7.82. The third kappa shape index (κ3) is 3.77. The molecular weight excluding hydrogens is 307 g/mol. The largest absolute Gasteiger partial charge is 0.460 e. The number of rotatable bonds is 4. The lowest BCUT2D eigenvalue weighted by molar-refractivity contribution is -0.183. The highest BCUT2D eigenvalue weighted by Gasteiger charge is 2.42. The van der Waals surface area contributed by atoms with Gasteiger partial charge in [0.05, 0.1) is 12.1 Å². The Kier molecular flexibility index (Phi) is 4.48. The van der Waals surface area contributed by atoms with Crippen LogP contribution < -0.4 is 5.32 Å². The zero-order valence-corrected chi connectivity index (χ0v) is 12.9. The maximum Gasteiger partial charge on any atom is 0.391 e. The van der Waals surface area contributed by atoms with E-state index in [2.05, 4.69) is 15.5 Å². The molecule has 2 aromatic heterocycles. The van der Waals surface area contributed by atoms with Crippen LogP contribution in [-0.4, -0.2) is 22.4 Å². The van der Waals surface area contributed by atoms with Gasteiger partial charge in [-0.05, 0) is 38.3 Å². The molecule has 1 aliphatic rings. The van der Waals surface area contributed by atoms with Crippen LogP contribution in [0.4, 0.5) is 13.2 Å². The summed E-state index contributed by atoms with van der Waals surface area (Å²) in [6.45, 7) is 2.33. The van der Waals surface area contributed by atoms with Crippen LogP contribution in [0.3, 0.4) is 0 Å². The molecule has 1 aliphatic carbocycles. The SMILES string of the molecule is Cc1ccc(-c2[nH]ncc2CN[C@H]2CCC[C@@H](C(F)(F)F)C2)o1. The van der Waals surface area contributed by atoms with Gasteiger partial charge < -0.3 is 9.73 Å². The number of H-pyrrole nitrogens is 1. The zero-order valence-electron chi connectivity index (χ0n) is 12.9. The maximum atomic E-state index is 12.9. The van der Waals surface area contributed by atoms with Crippen molar-refractivity contribution in [1.29, 1.82) is 0 Å². The van der Waals surface area contributed by atoms with E-state index in [0.29, 0.717) is 18.7 Å². The minimum Gasteiger partial charge on any atom is -0.460 e. The number of nitrogens with one attached hydrogen (secondary N) is 2. The van der Waals surface area contributed by atoms with E-state index < -0.39 is 12.1 Å². The lowest BCUT2D eigenvalue weighted by Gasteiger charge is -2.31. The number of hydrogen-bond donors (Lipinski definition) is 2. The fourth-order valence-corrected chi connectivity index (χ4v) is 3.15. The van der Waals surface area contributed by atoms with Gasteiger partial charge in [0.1, 0.15) is 11.5 Å². The number of hydrogen-bond acceptors (Lipinski definition) is 3. The zero-order chi connectivity index (χ0) is 16.4. The van der Waals surface area contributed by atoms with Gasteiger partial charge >= 0.3 is 6.18 Å². The lowest BCUT2D eigenvalue weighted by Crippen LogP contribution is -2.38. The topological polar surface area (TPSA) is 53.9 Å². The quantitative estimate of drug-likeness (QED) is 0.885. The van der Waals surface area contributed by atoms with Crippen LogP contribution in [0.25, 0.3) is 11.5 Å². The summed E-state index contributed by atoms with van der Waals surface area (Å²) in [5.41, 5.74) is 1.67. The number of aromatic nitrogens is 2. The molecule has 0 bridgehead atoms. The van der Waals surface area contributed by atoms with E-state index >= 15 is 0 Å². The van der Waals surface area contributed by atoms with Crippen molar-refractivity contribution < 1.29 is 17.6 Å². The van der Waals surface area contributed by atoms with Crippen molar-refractivity contribution in [1.82, 2.24) is 15.5 Å². The Labute approximate surface area is 132 Å². The average molecular weight is 327 g/mol. The Morgan fingerprint density at radius 3 is 2.87 bits per heavy atom. The predicted molar refractivity (Wildman–Crippen MR) is 79.7 cm³/mol. The van der Waals surface area contributed by atoms with Crippen LogP contribution in [0, 0.1) is 12.8 Å². The highest BCUT2D eigenvalue weighted by atomic mass is 19.4. The summed E-state index contributed by atoms with van der Waals surface area (Å²) in [7, 11) is 0. The number of furan rings is 1. The third-order valence-electron chi connectivity index (χ3n) is 4.42. The van der Waals surface area contributed by atoms with Gasteiger partial charge in [0.15, 0.2) is 5.76 Å². The number of nitrogens with zero attached hydrogens (tertiary/aromatic N) is 1. The maximum absolute atomic E-state index is 12.9. The summed E-state index contributed by atoms with van der Waals surface area (Å²) >= 11 is 0. The van der Waals surface area contributed by atoms with Crippen LogP contribution in [0.2, 0.25) is 0 Å². The van der Waals surface area contributed by atoms with Crippen LogP contribution >= 0.6 is 0 Å². The smallest absolute Gasteiger partial charge is 0.391 e. The Hall–Kier alpha value is -1.76. The van der Waals surface area contributed by atoms with E-state index in [1.807, 2.05) is 19.1 Å². The van der Waals surface area contributed by atoms with Crippen LogP contribution in [0.1, 0.15) is 37.0 Å². The molecule has 3 rings (SSSR count). The summed E-state index contributed by atoms with van der Waals surface area (Å²) < 4.78 is 44.2. The highest BCUT2D eigenvalue weighted by Crippen LogP contribution is 2.37. The Morgan fingerprint density at radius 1 is 1.35 bits per heavy atom. The lowest BCUT2D eigenvalue weighted by atomic mass is 9.85. The van der Waals surface area contributed by atoms with Crippen molar-refractivity contribution in [2.45, 2.75) is 51.4 Å². The fourth-order valence-electron chi connectivity index (χ4n) is 3.15. The highest BCUT2D eigenvalue weighted by molar-refractivity contribution is 5.56. The molecule has 2 N–H and O–H groups in total. The van der Waals surface area contributed by atoms with E-state index in [0.717, 1.165) is 23.4 Å². The number of halogens is 3. The molecule has 0 aliphatic heterocycles. The number of alkyl halides is 3. The van der Waals surface area contributed by atoms with Gasteiger partial charge in [-0.1, -0.05) is 6.42 Å². The van der Waals surface area contributed by atoms with Gasteiger partial charge in [0.2, 0.25) is 0 Å². The standard InChI is InChI=1S/C16H20F3N3O/c1-10-5-6-14(23-10)15-11(9-21-22-15)8-20-13-4-2-3-12(7-13)16(17,18)19/h5-6,9,12-13,20H,2-4,7-8H2,1H3,(H,21,22)/t12-,13+/m1/s1. The van der Waals surface area contributed by atoms with Crippen molar-refractivity contribution in [3.63, 3.8) is 0 Å². The first-order valence-corrected chi connectivity index (χ1v) is 7.82. The van der Waals surface area contributed by atoms with Gasteiger partial charge in [0, 0.05) is 18.2 Å². The van der Waals surface area contributed by atoms with Crippen LogP contribution in [0.5, 0.6) is 0 Å². The molecule has 1 saturated carbocycles. The molecule has 0 unspecified atom stereocenters. The summed E-state index contributed by atoms with van der Waals surface area (Å²) in [6.07, 6.45) is -0.630. The molecule has 126 valence electrons. The predicted octanol–water partition coefficient (Wildman–Crippen LogP) is 4.19. The minimum absolute atomic E-state index is 0.114. The van der Waals surface area contributed by atoms with E-state index in [-0.39, 0.29) is 18.9 Å². The monoisotopic (exact) mass is 327 g/mol. The summed E-state index contributed by atoms with van der Waals surface area (Å²) in [6, 6.07) is 3.60. The fraction of sp³-hybridized carbons (Fsp3) is 0.562. The molecular formula is C16H20F3N3O. The molecule has 0 aromatic carbocycles. The number of aryl methyl sites for hydroxylation is 1. The molecule has 7 heteroatoms. The summed E-state index contributed by atoms with van der Waals surface area (Å²) in [4.78, 5) is 0. The van der Waals surface area contributed by atoms with Crippen molar-refractivity contribution in [2.75, 3.05) is 0 Å². The van der Waals surface area contributed by atoms with Crippen molar-refractivity contribution >= 4 is 0 Å². The molecule has 0 saturated heterocycles. The second-order valence-corrected chi connectivity index (χ2v) is 6.16. The van der Waals surface area contributed by atoms with Gasteiger partial charge in [-0.2, -0.15) is 18.3 Å². The van der Waals surface area contributed by atoms with Gasteiger partial charge in [0.25, 0.3) is 0 Å². The summed E-state index contributed by atoms with van der Waals surface area (Å²) in [5, 5.41) is 10.2. The Bertz CT molecular complexity index is 647. The molecule has 1 fully saturated rings. The summed E-state index contributed by atoms with van der Waals surface area (Å²) in [5.74, 6) is 0.299. The molecule has 0 spiro atoms. The van der Waals surface area contributed by atoms with Crippen molar-refractivity contribution in [3.8, 4) is 11.5 Å². The molecule has 4 nitrogen and oxygen atoms in total. The van der Waals surface area contributed by atoms with E-state index in [4.69, 9.17) is 4.42 Å². The molecule has 0 amide bonds. The minimum atomic E-state index is -4.09. The molecule has 23 heavy (non-hydrogen) atoms. The molecule has 2 atom stereocenters. The Morgan fingerprint density at radius 2 is 2.17 bits per heavy atom. The van der Waals surface area contributed by atoms with Crippen LogP contribution in [0.15, 0.2) is 22.7 Å². The normalized spacial score (nSPS) is 22.4. The van der Waals surface area contributed by atoms with E-state index in [1.165, 1.54) is 0 Å². The molecule has 2 aromatic rings. The van der Waals surface area contributed by atoms with Gasteiger partial charge in [-0.25, -0.2) is 0 Å². The second kappa shape index (κ2) is 6.39. The van der Waals surface area contributed by atoms with Crippen molar-refractivity contribution in [2.24, 2.45) is 5.92 Å². The first kappa shape index (κ1) is 16.1. The molecule has 2 heterocycles. The van der Waals surface area contributed by atoms with Crippen LogP contribution in [-0.2, 0) is 6.54 Å². The van der Waals surface area contributed by atoms with Gasteiger partial charge in [-0.15, -0.1) is 0 Å². The average Bonchev–Trinajstić information content (AvgIpc) is 3.13. The van der Waals surface area contributed by atoms with Crippen molar-refractivity contribution in [3.05, 3.63) is 29.7 Å². The van der Waals surface area contributed by atoms with E-state index in [1.54, 1.807) is 6.20 Å². The van der Waals surface area contributed by atoms with Gasteiger partial charge in [-0.3, -0.25) is 5.10 Å². The number of aromatic amines is 1.